The van der Waals surface area contributed by atoms with Gasteiger partial charge in [-0.2, -0.15) is 0 Å². The molecule has 0 bridgehead atoms. The summed E-state index contributed by atoms with van der Waals surface area (Å²) in [6.07, 6.45) is 0. The first-order valence-electron chi connectivity index (χ1n) is 6.27. The molecule has 0 unspecified atom stereocenters. The number of hydrogen-bond donors (Lipinski definition) is 1. The number of hydrogen-bond acceptors (Lipinski definition) is 4. The number of rotatable bonds is 4. The van der Waals surface area contributed by atoms with Crippen molar-refractivity contribution in [2.45, 2.75) is 13.5 Å². The zero-order valence-corrected chi connectivity index (χ0v) is 11.6. The van der Waals surface area contributed by atoms with Gasteiger partial charge in [0.1, 0.15) is 12.4 Å². The van der Waals surface area contributed by atoms with Crippen LogP contribution in [0.15, 0.2) is 42.5 Å². The monoisotopic (exact) mass is 271 g/mol. The Morgan fingerprint density at radius 3 is 2.65 bits per heavy atom. The van der Waals surface area contributed by atoms with Crippen molar-refractivity contribution in [2.75, 3.05) is 12.8 Å². The van der Waals surface area contributed by atoms with Gasteiger partial charge in [0.2, 0.25) is 0 Å². The second-order valence-electron chi connectivity index (χ2n) is 4.46. The van der Waals surface area contributed by atoms with Crippen molar-refractivity contribution in [2.24, 2.45) is 0 Å². The van der Waals surface area contributed by atoms with E-state index in [0.29, 0.717) is 17.0 Å². The fourth-order valence-electron chi connectivity index (χ4n) is 1.82. The van der Waals surface area contributed by atoms with E-state index in [1.54, 1.807) is 25.3 Å². The standard InChI is InChI=1S/C16H17NO3/c1-11-7-8-12(9-14(11)17)16(18)20-10-13-5-3-4-6-15(13)19-2/h3-9H,10,17H2,1-2H3. The summed E-state index contributed by atoms with van der Waals surface area (Å²) in [6, 6.07) is 12.5. The van der Waals surface area contributed by atoms with Crippen molar-refractivity contribution in [3.05, 3.63) is 59.2 Å². The largest absolute Gasteiger partial charge is 0.496 e. The maximum absolute atomic E-state index is 12.0. The lowest BCUT2D eigenvalue weighted by molar-refractivity contribution is 0.0470. The molecule has 0 heterocycles. The third kappa shape index (κ3) is 3.09. The normalized spacial score (nSPS) is 10.1. The minimum atomic E-state index is -0.400. The van der Waals surface area contributed by atoms with Gasteiger partial charge in [-0.05, 0) is 30.7 Å². The molecule has 0 aliphatic rings. The van der Waals surface area contributed by atoms with E-state index in [1.807, 2.05) is 31.2 Å². The molecule has 0 radical (unpaired) electrons. The van der Waals surface area contributed by atoms with Crippen LogP contribution in [0.25, 0.3) is 0 Å². The Bertz CT molecular complexity index is 623. The Hall–Kier alpha value is -2.49. The zero-order chi connectivity index (χ0) is 14.5. The first-order chi connectivity index (χ1) is 9.61. The van der Waals surface area contributed by atoms with E-state index in [4.69, 9.17) is 15.2 Å². The molecule has 104 valence electrons. The molecule has 20 heavy (non-hydrogen) atoms. The van der Waals surface area contributed by atoms with Gasteiger partial charge in [0.15, 0.2) is 0 Å². The fraction of sp³-hybridized carbons (Fsp3) is 0.188. The van der Waals surface area contributed by atoms with Crippen LogP contribution in [-0.2, 0) is 11.3 Å². The molecule has 0 saturated carbocycles. The fourth-order valence-corrected chi connectivity index (χ4v) is 1.82. The maximum atomic E-state index is 12.0. The lowest BCUT2D eigenvalue weighted by Crippen LogP contribution is -2.07. The van der Waals surface area contributed by atoms with Crippen molar-refractivity contribution in [3.8, 4) is 5.75 Å². The maximum Gasteiger partial charge on any atom is 0.338 e. The molecule has 0 fully saturated rings. The molecule has 0 aromatic heterocycles. The molecule has 0 aliphatic heterocycles. The van der Waals surface area contributed by atoms with E-state index < -0.39 is 5.97 Å². The Labute approximate surface area is 118 Å². The van der Waals surface area contributed by atoms with Crippen molar-refractivity contribution < 1.29 is 14.3 Å². The second-order valence-corrected chi connectivity index (χ2v) is 4.46. The number of esters is 1. The smallest absolute Gasteiger partial charge is 0.338 e. The van der Waals surface area contributed by atoms with Crippen LogP contribution in [0.4, 0.5) is 5.69 Å². The first-order valence-corrected chi connectivity index (χ1v) is 6.27. The van der Waals surface area contributed by atoms with Crippen molar-refractivity contribution in [1.82, 2.24) is 0 Å². The van der Waals surface area contributed by atoms with E-state index in [0.717, 1.165) is 11.1 Å². The predicted octanol–water partition coefficient (Wildman–Crippen LogP) is 2.94. The third-order valence-electron chi connectivity index (χ3n) is 3.07. The molecule has 2 rings (SSSR count). The second kappa shape index (κ2) is 6.10. The number of carbonyl (C=O) groups excluding carboxylic acids is 1. The summed E-state index contributed by atoms with van der Waals surface area (Å²) in [5, 5.41) is 0. The van der Waals surface area contributed by atoms with Gasteiger partial charge in [-0.25, -0.2) is 4.79 Å². The van der Waals surface area contributed by atoms with Crippen LogP contribution < -0.4 is 10.5 Å². The van der Waals surface area contributed by atoms with Gasteiger partial charge in [-0.1, -0.05) is 24.3 Å². The summed E-state index contributed by atoms with van der Waals surface area (Å²) in [4.78, 5) is 12.0. The highest BCUT2D eigenvalue weighted by Crippen LogP contribution is 2.19. The molecule has 0 amide bonds. The van der Waals surface area contributed by atoms with Gasteiger partial charge in [0, 0.05) is 11.3 Å². The lowest BCUT2D eigenvalue weighted by Gasteiger charge is -2.09. The number of carbonyl (C=O) groups is 1. The number of para-hydroxylation sites is 1. The van der Waals surface area contributed by atoms with Crippen molar-refractivity contribution in [3.63, 3.8) is 0 Å². The molecule has 2 aromatic carbocycles. The summed E-state index contributed by atoms with van der Waals surface area (Å²) in [7, 11) is 1.58. The highest BCUT2D eigenvalue weighted by Gasteiger charge is 2.10. The van der Waals surface area contributed by atoms with Crippen LogP contribution in [0.5, 0.6) is 5.75 Å². The summed E-state index contributed by atoms with van der Waals surface area (Å²) in [5.41, 5.74) is 8.57. The Morgan fingerprint density at radius 2 is 1.95 bits per heavy atom. The van der Waals surface area contributed by atoms with Crippen LogP contribution >= 0.6 is 0 Å². The molecule has 4 heteroatoms. The molecular formula is C16H17NO3. The van der Waals surface area contributed by atoms with Crippen molar-refractivity contribution >= 4 is 11.7 Å². The van der Waals surface area contributed by atoms with Crippen molar-refractivity contribution in [1.29, 1.82) is 0 Å². The van der Waals surface area contributed by atoms with Crippen LogP contribution in [0.3, 0.4) is 0 Å². The van der Waals surface area contributed by atoms with E-state index in [1.165, 1.54) is 0 Å². The summed E-state index contributed by atoms with van der Waals surface area (Å²) in [5.74, 6) is 0.298. The van der Waals surface area contributed by atoms with Crippen LogP contribution in [0, 0.1) is 6.92 Å². The number of aryl methyl sites for hydroxylation is 1. The Kier molecular flexibility index (Phi) is 4.25. The SMILES string of the molecule is COc1ccccc1COC(=O)c1ccc(C)c(N)c1. The average molecular weight is 271 g/mol. The number of nitrogen functional groups attached to an aromatic ring is 1. The van der Waals surface area contributed by atoms with Gasteiger partial charge >= 0.3 is 5.97 Å². The van der Waals surface area contributed by atoms with E-state index in [-0.39, 0.29) is 6.61 Å². The Balaban J connectivity index is 2.06. The predicted molar refractivity (Wildman–Crippen MR) is 77.7 cm³/mol. The molecule has 0 spiro atoms. The van der Waals surface area contributed by atoms with Gasteiger partial charge < -0.3 is 15.2 Å². The zero-order valence-electron chi connectivity index (χ0n) is 11.6. The van der Waals surface area contributed by atoms with E-state index in [2.05, 4.69) is 0 Å². The van der Waals surface area contributed by atoms with E-state index >= 15 is 0 Å². The molecule has 0 saturated heterocycles. The Morgan fingerprint density at radius 1 is 1.20 bits per heavy atom. The quantitative estimate of drug-likeness (QED) is 0.686. The van der Waals surface area contributed by atoms with Gasteiger partial charge in [-0.3, -0.25) is 0 Å². The van der Waals surface area contributed by atoms with Crippen LogP contribution in [0.2, 0.25) is 0 Å². The van der Waals surface area contributed by atoms with Crippen LogP contribution in [0.1, 0.15) is 21.5 Å². The minimum Gasteiger partial charge on any atom is -0.496 e. The average Bonchev–Trinajstić information content (AvgIpc) is 2.47. The topological polar surface area (TPSA) is 61.5 Å². The molecule has 0 atom stereocenters. The van der Waals surface area contributed by atoms with E-state index in [9.17, 15) is 4.79 Å². The highest BCUT2D eigenvalue weighted by atomic mass is 16.5. The van der Waals surface area contributed by atoms with Gasteiger partial charge in [0.05, 0.1) is 12.7 Å². The number of nitrogens with two attached hydrogens (primary N) is 1. The number of anilines is 1. The highest BCUT2D eigenvalue weighted by molar-refractivity contribution is 5.90. The molecule has 4 nitrogen and oxygen atoms in total. The molecule has 2 N–H and O–H groups in total. The number of methoxy groups -OCH3 is 1. The summed E-state index contributed by atoms with van der Waals surface area (Å²) in [6.45, 7) is 2.05. The van der Waals surface area contributed by atoms with Gasteiger partial charge in [-0.15, -0.1) is 0 Å². The first kappa shape index (κ1) is 13.9. The summed E-state index contributed by atoms with van der Waals surface area (Å²) >= 11 is 0. The number of benzene rings is 2. The molecule has 2 aromatic rings. The number of ether oxygens (including phenoxy) is 2. The van der Waals surface area contributed by atoms with Crippen LogP contribution in [-0.4, -0.2) is 13.1 Å². The summed E-state index contributed by atoms with van der Waals surface area (Å²) < 4.78 is 10.5. The minimum absolute atomic E-state index is 0.163. The molecular weight excluding hydrogens is 254 g/mol. The lowest BCUT2D eigenvalue weighted by atomic mass is 10.1. The third-order valence-corrected chi connectivity index (χ3v) is 3.07. The van der Waals surface area contributed by atoms with Gasteiger partial charge in [0.25, 0.3) is 0 Å². The molecule has 0 aliphatic carbocycles.